The molecule has 156 valence electrons. The van der Waals surface area contributed by atoms with Gasteiger partial charge in [-0.25, -0.2) is 4.79 Å². The Balaban J connectivity index is 1.58. The fourth-order valence-corrected chi connectivity index (χ4v) is 3.13. The van der Waals surface area contributed by atoms with E-state index in [1.165, 1.54) is 6.92 Å². The minimum absolute atomic E-state index is 0.237. The summed E-state index contributed by atoms with van der Waals surface area (Å²) in [4.78, 5) is 25.8. The van der Waals surface area contributed by atoms with Crippen LogP contribution in [-0.2, 0) is 20.9 Å². The number of hydrogen-bond donors (Lipinski definition) is 1. The summed E-state index contributed by atoms with van der Waals surface area (Å²) >= 11 is 0. The van der Waals surface area contributed by atoms with Crippen molar-refractivity contribution in [2.24, 2.45) is 0 Å². The van der Waals surface area contributed by atoms with E-state index in [0.717, 1.165) is 38.3 Å². The number of aromatic nitrogens is 4. The minimum Gasteiger partial charge on any atom is -0.451 e. The molecule has 1 amide bonds. The van der Waals surface area contributed by atoms with Crippen molar-refractivity contribution in [2.75, 3.05) is 5.32 Å². The molecule has 2 aromatic carbocycles. The number of rotatable bonds is 6. The molecule has 8 heteroatoms. The highest BCUT2D eigenvalue weighted by Crippen LogP contribution is 2.22. The maximum atomic E-state index is 12.5. The van der Waals surface area contributed by atoms with Gasteiger partial charge in [0.1, 0.15) is 0 Å². The predicted octanol–water partition coefficient (Wildman–Crippen LogP) is 3.14. The number of carbonyl (C=O) groups is 2. The van der Waals surface area contributed by atoms with Crippen molar-refractivity contribution < 1.29 is 14.3 Å². The number of benzene rings is 2. The van der Waals surface area contributed by atoms with Crippen molar-refractivity contribution in [2.45, 2.75) is 47.3 Å². The SMILES string of the molecule is Cc1ccc(-c2nnn(CC(=O)OC(C)C(=O)Nc3c(C)cc(C)cc3C)n2)cc1. The van der Waals surface area contributed by atoms with Gasteiger partial charge in [-0.1, -0.05) is 47.5 Å². The number of amides is 1. The van der Waals surface area contributed by atoms with Crippen LogP contribution in [0.5, 0.6) is 0 Å². The molecular weight excluding hydrogens is 382 g/mol. The van der Waals surface area contributed by atoms with E-state index in [9.17, 15) is 9.59 Å². The lowest BCUT2D eigenvalue weighted by Gasteiger charge is -2.16. The maximum Gasteiger partial charge on any atom is 0.330 e. The smallest absolute Gasteiger partial charge is 0.330 e. The highest BCUT2D eigenvalue weighted by atomic mass is 16.5. The average molecular weight is 407 g/mol. The number of hydrogen-bond acceptors (Lipinski definition) is 6. The van der Waals surface area contributed by atoms with E-state index in [2.05, 4.69) is 20.7 Å². The fourth-order valence-electron chi connectivity index (χ4n) is 3.13. The maximum absolute atomic E-state index is 12.5. The van der Waals surface area contributed by atoms with Gasteiger partial charge in [-0.2, -0.15) is 4.80 Å². The van der Waals surface area contributed by atoms with Crippen LogP contribution < -0.4 is 5.32 Å². The van der Waals surface area contributed by atoms with Crippen LogP contribution in [0.3, 0.4) is 0 Å². The van der Waals surface area contributed by atoms with Crippen molar-refractivity contribution >= 4 is 17.6 Å². The van der Waals surface area contributed by atoms with E-state index in [4.69, 9.17) is 4.74 Å². The van der Waals surface area contributed by atoms with Crippen LogP contribution >= 0.6 is 0 Å². The van der Waals surface area contributed by atoms with Gasteiger partial charge >= 0.3 is 5.97 Å². The summed E-state index contributed by atoms with van der Waals surface area (Å²) in [5.74, 6) is -0.605. The van der Waals surface area contributed by atoms with E-state index in [-0.39, 0.29) is 6.54 Å². The monoisotopic (exact) mass is 407 g/mol. The first-order valence-corrected chi connectivity index (χ1v) is 9.66. The topological polar surface area (TPSA) is 99.0 Å². The Morgan fingerprint density at radius 1 is 1.03 bits per heavy atom. The molecule has 1 N–H and O–H groups in total. The summed E-state index contributed by atoms with van der Waals surface area (Å²) in [6, 6.07) is 11.6. The third kappa shape index (κ3) is 5.08. The summed E-state index contributed by atoms with van der Waals surface area (Å²) in [7, 11) is 0. The Morgan fingerprint density at radius 2 is 1.67 bits per heavy atom. The van der Waals surface area contributed by atoms with Crippen LogP contribution in [0.25, 0.3) is 11.4 Å². The Kier molecular flexibility index (Phi) is 6.25. The normalized spacial score (nSPS) is 11.8. The number of esters is 1. The van der Waals surface area contributed by atoms with Crippen LogP contribution in [0, 0.1) is 27.7 Å². The standard InChI is InChI=1S/C22H25N5O3/c1-13-6-8-18(9-7-13)21-24-26-27(25-21)12-19(28)30-17(5)22(29)23-20-15(3)10-14(2)11-16(20)4/h6-11,17H,12H2,1-5H3,(H,23,29). The molecule has 0 aliphatic rings. The van der Waals surface area contributed by atoms with Crippen molar-refractivity contribution in [1.29, 1.82) is 0 Å². The predicted molar refractivity (Wildman–Crippen MR) is 113 cm³/mol. The van der Waals surface area contributed by atoms with Crippen molar-refractivity contribution in [3.05, 3.63) is 58.7 Å². The van der Waals surface area contributed by atoms with Gasteiger partial charge in [0, 0.05) is 11.3 Å². The first-order valence-electron chi connectivity index (χ1n) is 9.66. The third-order valence-electron chi connectivity index (χ3n) is 4.64. The zero-order valence-corrected chi connectivity index (χ0v) is 17.8. The van der Waals surface area contributed by atoms with Crippen molar-refractivity contribution in [3.63, 3.8) is 0 Å². The van der Waals surface area contributed by atoms with E-state index in [0.29, 0.717) is 5.82 Å². The Morgan fingerprint density at radius 3 is 2.30 bits per heavy atom. The van der Waals surface area contributed by atoms with Gasteiger partial charge in [-0.15, -0.1) is 10.2 Å². The van der Waals surface area contributed by atoms with Gasteiger partial charge in [0.15, 0.2) is 12.6 Å². The number of carbonyl (C=O) groups excluding carboxylic acids is 2. The molecule has 0 radical (unpaired) electrons. The second-order valence-corrected chi connectivity index (χ2v) is 7.40. The van der Waals surface area contributed by atoms with Gasteiger partial charge < -0.3 is 10.1 Å². The molecule has 0 saturated carbocycles. The largest absolute Gasteiger partial charge is 0.451 e. The lowest BCUT2D eigenvalue weighted by Crippen LogP contribution is -2.32. The first kappa shape index (κ1) is 21.2. The highest BCUT2D eigenvalue weighted by Gasteiger charge is 2.20. The van der Waals surface area contributed by atoms with E-state index in [1.807, 2.05) is 64.1 Å². The van der Waals surface area contributed by atoms with E-state index < -0.39 is 18.0 Å². The molecule has 0 aliphatic carbocycles. The lowest BCUT2D eigenvalue weighted by molar-refractivity contribution is -0.154. The number of anilines is 1. The van der Waals surface area contributed by atoms with Crippen LogP contribution in [0.15, 0.2) is 36.4 Å². The molecule has 30 heavy (non-hydrogen) atoms. The van der Waals surface area contributed by atoms with Crippen LogP contribution in [0.2, 0.25) is 0 Å². The molecule has 3 rings (SSSR count). The summed E-state index contributed by atoms with van der Waals surface area (Å²) in [5, 5.41) is 14.9. The van der Waals surface area contributed by atoms with Gasteiger partial charge in [0.05, 0.1) is 0 Å². The Hall–Kier alpha value is -3.55. The summed E-state index contributed by atoms with van der Waals surface area (Å²) < 4.78 is 5.24. The minimum atomic E-state index is -0.960. The Labute approximate surface area is 175 Å². The van der Waals surface area contributed by atoms with Crippen LogP contribution in [0.1, 0.15) is 29.2 Å². The molecule has 8 nitrogen and oxygen atoms in total. The molecular formula is C22H25N5O3. The molecule has 3 aromatic rings. The Bertz CT molecular complexity index is 1050. The molecule has 0 spiro atoms. The lowest BCUT2D eigenvalue weighted by atomic mass is 10.0. The summed E-state index contributed by atoms with van der Waals surface area (Å²) in [6.45, 7) is 9.13. The third-order valence-corrected chi connectivity index (χ3v) is 4.64. The molecule has 0 bridgehead atoms. The van der Waals surface area contributed by atoms with Gasteiger partial charge in [0.2, 0.25) is 5.82 Å². The number of nitrogens with zero attached hydrogens (tertiary/aromatic N) is 4. The van der Waals surface area contributed by atoms with Gasteiger partial charge in [-0.05, 0) is 51.0 Å². The first-order chi connectivity index (χ1) is 14.2. The molecule has 1 atom stereocenters. The van der Waals surface area contributed by atoms with Crippen molar-refractivity contribution in [3.8, 4) is 11.4 Å². The molecule has 0 aliphatic heterocycles. The zero-order valence-electron chi connectivity index (χ0n) is 17.8. The molecule has 1 unspecified atom stereocenters. The summed E-state index contributed by atoms with van der Waals surface area (Å²) in [6.07, 6.45) is -0.960. The quantitative estimate of drug-likeness (QED) is 0.630. The highest BCUT2D eigenvalue weighted by molar-refractivity contribution is 5.96. The van der Waals surface area contributed by atoms with Crippen LogP contribution in [0.4, 0.5) is 5.69 Å². The second kappa shape index (κ2) is 8.86. The van der Waals surface area contributed by atoms with Gasteiger partial charge in [0.25, 0.3) is 5.91 Å². The second-order valence-electron chi connectivity index (χ2n) is 7.40. The number of nitrogens with one attached hydrogen (secondary N) is 1. The molecule has 0 saturated heterocycles. The molecule has 1 heterocycles. The molecule has 1 aromatic heterocycles. The number of tetrazole rings is 1. The average Bonchev–Trinajstić information content (AvgIpc) is 3.13. The summed E-state index contributed by atoms with van der Waals surface area (Å²) in [5.41, 5.74) is 5.68. The van der Waals surface area contributed by atoms with E-state index in [1.54, 1.807) is 0 Å². The number of aryl methyl sites for hydroxylation is 4. The zero-order chi connectivity index (χ0) is 21.8. The van der Waals surface area contributed by atoms with Crippen LogP contribution in [-0.4, -0.2) is 38.2 Å². The van der Waals surface area contributed by atoms with Gasteiger partial charge in [-0.3, -0.25) is 4.79 Å². The van der Waals surface area contributed by atoms with Crippen molar-refractivity contribution in [1.82, 2.24) is 20.2 Å². The molecule has 0 fully saturated rings. The fraction of sp³-hybridized carbons (Fsp3) is 0.318. The van der Waals surface area contributed by atoms with E-state index >= 15 is 0 Å². The number of ether oxygens (including phenoxy) is 1.